The molecular weight excluding hydrogens is 470 g/mol. The standard InChI is InChI=1S/C29H29N3O5/c1-34-23-9-7-17(13-25(23)35-2)11-12-30-29(33)22-15-20-19-5-3-4-6-21(19)31-28(20)27(32-22)18-8-10-24-26(14-18)37-16-36-24/h3-10,13-14,22,27,31-32H,11-12,15-16H2,1-2H3,(H,30,33)/t22-,27-/m0/s1. The Morgan fingerprint density at radius 1 is 1.00 bits per heavy atom. The van der Waals surface area contributed by atoms with E-state index in [9.17, 15) is 4.79 Å². The highest BCUT2D eigenvalue weighted by atomic mass is 16.7. The van der Waals surface area contributed by atoms with Crippen LogP contribution < -0.4 is 29.6 Å². The van der Waals surface area contributed by atoms with Gasteiger partial charge in [-0.15, -0.1) is 0 Å². The maximum atomic E-state index is 13.4. The predicted molar refractivity (Wildman–Crippen MR) is 140 cm³/mol. The number of amides is 1. The van der Waals surface area contributed by atoms with E-state index < -0.39 is 0 Å². The predicted octanol–water partition coefficient (Wildman–Crippen LogP) is 3.88. The number of para-hydroxylation sites is 1. The molecule has 0 radical (unpaired) electrons. The van der Waals surface area contributed by atoms with E-state index in [4.69, 9.17) is 18.9 Å². The number of aromatic nitrogens is 1. The van der Waals surface area contributed by atoms with Gasteiger partial charge in [-0.25, -0.2) is 0 Å². The summed E-state index contributed by atoms with van der Waals surface area (Å²) in [4.78, 5) is 17.0. The highest BCUT2D eigenvalue weighted by Gasteiger charge is 2.34. The molecule has 0 aliphatic carbocycles. The van der Waals surface area contributed by atoms with Crippen molar-refractivity contribution in [3.05, 3.63) is 83.0 Å². The highest BCUT2D eigenvalue weighted by molar-refractivity contribution is 5.88. The highest BCUT2D eigenvalue weighted by Crippen LogP contribution is 2.39. The number of hydrogen-bond acceptors (Lipinski definition) is 6. The van der Waals surface area contributed by atoms with Crippen LogP contribution in [0.5, 0.6) is 23.0 Å². The molecular formula is C29H29N3O5. The van der Waals surface area contributed by atoms with Crippen molar-refractivity contribution < 1.29 is 23.7 Å². The number of ether oxygens (including phenoxy) is 4. The van der Waals surface area contributed by atoms with Crippen LogP contribution >= 0.6 is 0 Å². The van der Waals surface area contributed by atoms with Gasteiger partial charge in [-0.2, -0.15) is 0 Å². The Hall–Kier alpha value is -4.17. The molecule has 4 aromatic rings. The Kier molecular flexibility index (Phi) is 6.10. The minimum Gasteiger partial charge on any atom is -0.493 e. The number of hydrogen-bond donors (Lipinski definition) is 3. The number of benzene rings is 3. The number of rotatable bonds is 7. The third-order valence-corrected chi connectivity index (χ3v) is 7.12. The van der Waals surface area contributed by atoms with Gasteiger partial charge in [0, 0.05) is 23.1 Å². The second-order valence-corrected chi connectivity index (χ2v) is 9.26. The number of carbonyl (C=O) groups is 1. The van der Waals surface area contributed by atoms with Gasteiger partial charge in [-0.3, -0.25) is 10.1 Å². The molecule has 0 saturated heterocycles. The lowest BCUT2D eigenvalue weighted by Crippen LogP contribution is -2.50. The van der Waals surface area contributed by atoms with Crippen molar-refractivity contribution in [1.29, 1.82) is 0 Å². The van der Waals surface area contributed by atoms with Crippen molar-refractivity contribution in [2.75, 3.05) is 27.6 Å². The van der Waals surface area contributed by atoms with E-state index in [1.807, 2.05) is 48.5 Å². The van der Waals surface area contributed by atoms with E-state index in [1.54, 1.807) is 14.2 Å². The fourth-order valence-electron chi connectivity index (χ4n) is 5.25. The van der Waals surface area contributed by atoms with E-state index >= 15 is 0 Å². The first-order valence-corrected chi connectivity index (χ1v) is 12.4. The van der Waals surface area contributed by atoms with Crippen molar-refractivity contribution in [2.45, 2.75) is 24.9 Å². The average molecular weight is 500 g/mol. The van der Waals surface area contributed by atoms with Gasteiger partial charge in [-0.05, 0) is 59.9 Å². The maximum absolute atomic E-state index is 13.4. The van der Waals surface area contributed by atoms with Gasteiger partial charge in [0.1, 0.15) is 0 Å². The van der Waals surface area contributed by atoms with E-state index in [-0.39, 0.29) is 24.8 Å². The average Bonchev–Trinajstić information content (AvgIpc) is 3.56. The van der Waals surface area contributed by atoms with Gasteiger partial charge >= 0.3 is 0 Å². The summed E-state index contributed by atoms with van der Waals surface area (Å²) in [6.45, 7) is 0.738. The monoisotopic (exact) mass is 499 g/mol. The Morgan fingerprint density at radius 2 is 1.84 bits per heavy atom. The molecule has 8 nitrogen and oxygen atoms in total. The third kappa shape index (κ3) is 4.34. The molecule has 0 bridgehead atoms. The number of nitrogens with one attached hydrogen (secondary N) is 3. The first-order chi connectivity index (χ1) is 18.1. The molecule has 0 spiro atoms. The van der Waals surface area contributed by atoms with E-state index in [0.717, 1.165) is 44.8 Å². The molecule has 2 atom stereocenters. The minimum atomic E-state index is -0.382. The molecule has 3 aromatic carbocycles. The zero-order chi connectivity index (χ0) is 25.4. The molecule has 3 heterocycles. The number of fused-ring (bicyclic) bond motifs is 4. The Morgan fingerprint density at radius 3 is 2.70 bits per heavy atom. The van der Waals surface area contributed by atoms with Crippen LogP contribution in [0, 0.1) is 0 Å². The van der Waals surface area contributed by atoms with Crippen LogP contribution in [0.4, 0.5) is 0 Å². The molecule has 2 aliphatic rings. The summed E-state index contributed by atoms with van der Waals surface area (Å²) in [7, 11) is 3.23. The Balaban J connectivity index is 1.23. The summed E-state index contributed by atoms with van der Waals surface area (Å²) in [5, 5.41) is 7.85. The van der Waals surface area contributed by atoms with Gasteiger partial charge < -0.3 is 29.2 Å². The van der Waals surface area contributed by atoms with Crippen molar-refractivity contribution in [1.82, 2.24) is 15.6 Å². The molecule has 0 unspecified atom stereocenters. The van der Waals surface area contributed by atoms with Crippen LogP contribution in [0.25, 0.3) is 10.9 Å². The summed E-state index contributed by atoms with van der Waals surface area (Å²) in [6, 6.07) is 19.4. The van der Waals surface area contributed by atoms with E-state index in [1.165, 1.54) is 0 Å². The quantitative estimate of drug-likeness (QED) is 0.357. The van der Waals surface area contributed by atoms with Crippen LogP contribution in [-0.4, -0.2) is 44.5 Å². The molecule has 2 aliphatic heterocycles. The smallest absolute Gasteiger partial charge is 0.237 e. The van der Waals surface area contributed by atoms with Crippen molar-refractivity contribution in [2.24, 2.45) is 0 Å². The zero-order valence-electron chi connectivity index (χ0n) is 20.8. The van der Waals surface area contributed by atoms with Gasteiger partial charge in [0.25, 0.3) is 0 Å². The lowest BCUT2D eigenvalue weighted by atomic mass is 9.90. The second-order valence-electron chi connectivity index (χ2n) is 9.26. The largest absolute Gasteiger partial charge is 0.493 e. The normalized spacial score (nSPS) is 17.9. The number of carbonyl (C=O) groups excluding carboxylic acids is 1. The van der Waals surface area contributed by atoms with E-state index in [0.29, 0.717) is 30.9 Å². The first-order valence-electron chi connectivity index (χ1n) is 12.4. The maximum Gasteiger partial charge on any atom is 0.237 e. The SMILES string of the molecule is COc1ccc(CCNC(=O)[C@@H]2Cc3c([nH]c4ccccc34)[C@H](c3ccc4c(c3)OCO4)N2)cc1OC. The Labute approximate surface area is 214 Å². The van der Waals surface area contributed by atoms with Crippen molar-refractivity contribution in [3.8, 4) is 23.0 Å². The zero-order valence-corrected chi connectivity index (χ0v) is 20.8. The second kappa shape index (κ2) is 9.71. The van der Waals surface area contributed by atoms with Crippen LogP contribution in [0.2, 0.25) is 0 Å². The molecule has 3 N–H and O–H groups in total. The van der Waals surface area contributed by atoms with Crippen LogP contribution in [0.3, 0.4) is 0 Å². The molecule has 1 amide bonds. The van der Waals surface area contributed by atoms with Crippen LogP contribution in [-0.2, 0) is 17.6 Å². The number of methoxy groups -OCH3 is 2. The summed E-state index contributed by atoms with van der Waals surface area (Å²) >= 11 is 0. The summed E-state index contributed by atoms with van der Waals surface area (Å²) in [5.74, 6) is 2.80. The molecule has 0 saturated carbocycles. The van der Waals surface area contributed by atoms with E-state index in [2.05, 4.69) is 27.8 Å². The Bertz CT molecular complexity index is 1460. The van der Waals surface area contributed by atoms with Gasteiger partial charge in [0.05, 0.1) is 26.3 Å². The van der Waals surface area contributed by atoms with Crippen LogP contribution in [0.15, 0.2) is 60.7 Å². The van der Waals surface area contributed by atoms with Crippen molar-refractivity contribution in [3.63, 3.8) is 0 Å². The molecule has 1 aromatic heterocycles. The number of aromatic amines is 1. The van der Waals surface area contributed by atoms with Crippen LogP contribution in [0.1, 0.15) is 28.4 Å². The molecule has 8 heteroatoms. The molecule has 37 heavy (non-hydrogen) atoms. The third-order valence-electron chi connectivity index (χ3n) is 7.12. The topological polar surface area (TPSA) is 93.8 Å². The molecule has 190 valence electrons. The van der Waals surface area contributed by atoms with Gasteiger partial charge in [-0.1, -0.05) is 30.3 Å². The fraction of sp³-hybridized carbons (Fsp3) is 0.276. The minimum absolute atomic E-state index is 0.0258. The summed E-state index contributed by atoms with van der Waals surface area (Å²) in [6.07, 6.45) is 1.28. The first kappa shape index (κ1) is 23.2. The van der Waals surface area contributed by atoms with Gasteiger partial charge in [0.2, 0.25) is 12.7 Å². The summed E-state index contributed by atoms with van der Waals surface area (Å²) in [5.41, 5.74) is 5.38. The lowest BCUT2D eigenvalue weighted by Gasteiger charge is -2.31. The number of H-pyrrole nitrogens is 1. The lowest BCUT2D eigenvalue weighted by molar-refractivity contribution is -0.123. The fourth-order valence-corrected chi connectivity index (χ4v) is 5.25. The molecule has 6 rings (SSSR count). The van der Waals surface area contributed by atoms with Crippen molar-refractivity contribution >= 4 is 16.8 Å². The summed E-state index contributed by atoms with van der Waals surface area (Å²) < 4.78 is 21.8. The molecule has 0 fully saturated rings. The van der Waals surface area contributed by atoms with Gasteiger partial charge in [0.15, 0.2) is 23.0 Å².